The summed E-state index contributed by atoms with van der Waals surface area (Å²) in [7, 11) is -3.06. The lowest BCUT2D eigenvalue weighted by Crippen LogP contribution is -2.67. The molecule has 2 aliphatic heterocycles. The molecule has 4 atom stereocenters. The van der Waals surface area contributed by atoms with E-state index in [-0.39, 0.29) is 47.9 Å². The summed E-state index contributed by atoms with van der Waals surface area (Å²) >= 11 is 0. The molecule has 0 N–H and O–H groups in total. The fraction of sp³-hybridized carbons (Fsp3) is 0.458. The number of hydrogen-bond acceptors (Lipinski definition) is 10. The molecule has 0 aliphatic carbocycles. The number of ether oxygens (including phenoxy) is 6. The quantitative estimate of drug-likeness (QED) is 0.110. The summed E-state index contributed by atoms with van der Waals surface area (Å²) in [6.07, 6.45) is -2.43. The lowest BCUT2D eigenvalue weighted by atomic mass is 10.2. The van der Waals surface area contributed by atoms with Crippen molar-refractivity contribution in [1.29, 1.82) is 0 Å². The Morgan fingerprint density at radius 3 is 1.16 bits per heavy atom. The Labute approximate surface area is 367 Å². The van der Waals surface area contributed by atoms with Crippen molar-refractivity contribution >= 4 is 49.3 Å². The summed E-state index contributed by atoms with van der Waals surface area (Å²) in [5, 5.41) is 4.41. The van der Waals surface area contributed by atoms with Crippen LogP contribution in [0, 0.1) is 0 Å². The Morgan fingerprint density at radius 1 is 0.532 bits per heavy atom. The van der Waals surface area contributed by atoms with E-state index in [0.29, 0.717) is 19.8 Å². The SMILES string of the molecule is COC(=O)C(F)(F)C1COC(CO[Si](c2ccccc2)(c2ccccc2)C(C)(C)C)CO1.COC(=O)C[C@H]1COC(CO[Si](c2ccccc2)(c2ccccc2)C(C)(C)C)CO1. The van der Waals surface area contributed by atoms with E-state index in [1.165, 1.54) is 17.5 Å². The van der Waals surface area contributed by atoms with Crippen LogP contribution in [-0.4, -0.2) is 113 Å². The van der Waals surface area contributed by atoms with Gasteiger partial charge in [0.1, 0.15) is 12.2 Å². The van der Waals surface area contributed by atoms with Gasteiger partial charge in [0.2, 0.25) is 0 Å². The highest BCUT2D eigenvalue weighted by atomic mass is 28.4. The van der Waals surface area contributed by atoms with E-state index >= 15 is 0 Å². The number of carbonyl (C=O) groups excluding carboxylic acids is 2. The van der Waals surface area contributed by atoms with E-state index in [1.54, 1.807) is 0 Å². The van der Waals surface area contributed by atoms with E-state index in [9.17, 15) is 18.4 Å². The summed E-state index contributed by atoms with van der Waals surface area (Å²) in [4.78, 5) is 22.8. The molecule has 6 rings (SSSR count). The molecule has 2 aliphatic rings. The standard InChI is InChI=1S/C24H30F2O5Si.C24H32O5Si/c1-23(2,3)32(19-11-7-5-8-12-19,20-13-9-6-10-14-20)31-16-18-15-30-21(17-29-18)24(25,26)22(27)28-4;1-24(2,3)30(21-11-7-5-8-12-21,22-13-9-6-10-14-22)29-18-20-17-27-19(16-28-20)15-23(25)26-4/h5-14,18,21H,15-17H2,1-4H3;5-14,19-20H,15-18H2,1-4H3/t;19-,20?/m.0/s1. The maximum absolute atomic E-state index is 14.1. The Balaban J connectivity index is 0.000000235. The topological polar surface area (TPSA) is 108 Å². The molecular weight excluding hydrogens is 831 g/mol. The molecule has 0 bridgehead atoms. The van der Waals surface area contributed by atoms with Crippen LogP contribution in [0.4, 0.5) is 8.78 Å². The third kappa shape index (κ3) is 11.3. The molecule has 14 heteroatoms. The monoisotopic (exact) mass is 892 g/mol. The molecule has 4 aromatic carbocycles. The van der Waals surface area contributed by atoms with Crippen molar-refractivity contribution in [2.45, 2.75) is 88.4 Å². The molecule has 4 aromatic rings. The van der Waals surface area contributed by atoms with E-state index in [1.807, 2.05) is 48.5 Å². The molecule has 0 radical (unpaired) electrons. The third-order valence-electron chi connectivity index (χ3n) is 11.3. The van der Waals surface area contributed by atoms with E-state index in [4.69, 9.17) is 32.5 Å². The van der Waals surface area contributed by atoms with Gasteiger partial charge >= 0.3 is 17.9 Å². The lowest BCUT2D eigenvalue weighted by Gasteiger charge is -2.44. The first-order chi connectivity index (χ1) is 29.5. The predicted octanol–water partition coefficient (Wildman–Crippen LogP) is 6.07. The van der Waals surface area contributed by atoms with Gasteiger partial charge in [-0.3, -0.25) is 4.79 Å². The van der Waals surface area contributed by atoms with Crippen LogP contribution in [0.25, 0.3) is 0 Å². The normalized spacial score (nSPS) is 20.0. The second kappa shape index (κ2) is 21.5. The summed E-state index contributed by atoms with van der Waals surface area (Å²) in [6.45, 7) is 14.1. The van der Waals surface area contributed by atoms with Gasteiger partial charge in [0, 0.05) is 0 Å². The van der Waals surface area contributed by atoms with Crippen molar-refractivity contribution in [3.63, 3.8) is 0 Å². The first-order valence-electron chi connectivity index (χ1n) is 21.0. The average Bonchev–Trinajstić information content (AvgIpc) is 3.28. The first-order valence-corrected chi connectivity index (χ1v) is 24.8. The van der Waals surface area contributed by atoms with Crippen LogP contribution in [0.15, 0.2) is 121 Å². The van der Waals surface area contributed by atoms with E-state index in [0.717, 1.165) is 17.5 Å². The minimum atomic E-state index is -3.77. The zero-order valence-electron chi connectivity index (χ0n) is 37.1. The highest BCUT2D eigenvalue weighted by Gasteiger charge is 2.54. The summed E-state index contributed by atoms with van der Waals surface area (Å²) < 4.78 is 73.5. The molecule has 336 valence electrons. The fourth-order valence-corrected chi connectivity index (χ4v) is 17.3. The van der Waals surface area contributed by atoms with Crippen molar-refractivity contribution in [3.8, 4) is 0 Å². The second-order valence-corrected chi connectivity index (χ2v) is 26.1. The van der Waals surface area contributed by atoms with Gasteiger partial charge in [0.15, 0.2) is 6.10 Å². The van der Waals surface area contributed by atoms with Crippen LogP contribution >= 0.6 is 0 Å². The Morgan fingerprint density at radius 2 is 0.871 bits per heavy atom. The van der Waals surface area contributed by atoms with Crippen LogP contribution < -0.4 is 20.7 Å². The highest BCUT2D eigenvalue weighted by molar-refractivity contribution is 7.00. The molecular formula is C48H62F2O10Si2. The fourth-order valence-electron chi connectivity index (χ4n) is 8.14. The molecule has 0 spiro atoms. The number of hydrogen-bond donors (Lipinski definition) is 0. The third-order valence-corrected chi connectivity index (χ3v) is 21.3. The van der Waals surface area contributed by atoms with Crippen LogP contribution in [-0.2, 0) is 46.9 Å². The van der Waals surface area contributed by atoms with Gasteiger partial charge in [-0.1, -0.05) is 163 Å². The molecule has 62 heavy (non-hydrogen) atoms. The Kier molecular flexibility index (Phi) is 17.0. The molecule has 3 unspecified atom stereocenters. The van der Waals surface area contributed by atoms with E-state index < -0.39 is 47.3 Å². The summed E-state index contributed by atoms with van der Waals surface area (Å²) in [5.74, 6) is -5.68. The number of halogens is 2. The zero-order valence-corrected chi connectivity index (χ0v) is 39.1. The van der Waals surface area contributed by atoms with Gasteiger partial charge < -0.3 is 37.3 Å². The maximum atomic E-state index is 14.1. The van der Waals surface area contributed by atoms with Gasteiger partial charge in [-0.15, -0.1) is 0 Å². The van der Waals surface area contributed by atoms with Crippen molar-refractivity contribution in [3.05, 3.63) is 121 Å². The minimum absolute atomic E-state index is 0.0847. The lowest BCUT2D eigenvalue weighted by molar-refractivity contribution is -0.229. The minimum Gasteiger partial charge on any atom is -0.469 e. The van der Waals surface area contributed by atoms with Crippen LogP contribution in [0.1, 0.15) is 48.0 Å². The van der Waals surface area contributed by atoms with Crippen molar-refractivity contribution < 1.29 is 55.6 Å². The molecule has 10 nitrogen and oxygen atoms in total. The number of carbonyl (C=O) groups is 2. The summed E-state index contributed by atoms with van der Waals surface area (Å²) in [6, 6.07) is 41.3. The maximum Gasteiger partial charge on any atom is 0.379 e. The van der Waals surface area contributed by atoms with Crippen LogP contribution in [0.2, 0.25) is 10.1 Å². The van der Waals surface area contributed by atoms with Crippen LogP contribution in [0.3, 0.4) is 0 Å². The van der Waals surface area contributed by atoms with Crippen molar-refractivity contribution in [1.82, 2.24) is 0 Å². The molecule has 0 amide bonds. The number of alkyl halides is 2. The van der Waals surface area contributed by atoms with Gasteiger partial charge in [0.25, 0.3) is 16.6 Å². The molecule has 0 saturated carbocycles. The van der Waals surface area contributed by atoms with Gasteiger partial charge in [-0.05, 0) is 30.8 Å². The van der Waals surface area contributed by atoms with Gasteiger partial charge in [0.05, 0.1) is 66.4 Å². The number of benzene rings is 4. The van der Waals surface area contributed by atoms with Crippen molar-refractivity contribution in [2.75, 3.05) is 53.9 Å². The molecule has 2 saturated heterocycles. The zero-order chi connectivity index (χ0) is 45.0. The highest BCUT2D eigenvalue weighted by Crippen LogP contribution is 2.38. The average molecular weight is 893 g/mol. The number of rotatable bonds is 14. The molecule has 0 aromatic heterocycles. The van der Waals surface area contributed by atoms with Gasteiger partial charge in [-0.2, -0.15) is 8.78 Å². The largest absolute Gasteiger partial charge is 0.469 e. The number of methoxy groups -OCH3 is 2. The molecule has 2 heterocycles. The number of esters is 2. The van der Waals surface area contributed by atoms with Crippen LogP contribution in [0.5, 0.6) is 0 Å². The first kappa shape index (κ1) is 48.9. The predicted molar refractivity (Wildman–Crippen MR) is 240 cm³/mol. The Hall–Kier alpha value is -4.13. The molecule has 2 fully saturated rings. The second-order valence-electron chi connectivity index (χ2n) is 17.5. The van der Waals surface area contributed by atoms with Gasteiger partial charge in [-0.25, -0.2) is 4.79 Å². The smallest absolute Gasteiger partial charge is 0.379 e. The summed E-state index contributed by atoms with van der Waals surface area (Å²) in [5.41, 5.74) is 0. The van der Waals surface area contributed by atoms with E-state index in [2.05, 4.69) is 119 Å². The Bertz CT molecular complexity index is 1880. The van der Waals surface area contributed by atoms with Crippen molar-refractivity contribution in [2.24, 2.45) is 0 Å².